The second-order valence-electron chi connectivity index (χ2n) is 4.46. The Morgan fingerprint density at radius 1 is 1.27 bits per heavy atom. The van der Waals surface area contributed by atoms with Crippen molar-refractivity contribution >= 4 is 5.97 Å². The van der Waals surface area contributed by atoms with Crippen LogP contribution in [0.25, 0.3) is 0 Å². The van der Waals surface area contributed by atoms with E-state index in [1.165, 1.54) is 24.8 Å². The first-order valence-corrected chi connectivity index (χ1v) is 5.44. The summed E-state index contributed by atoms with van der Waals surface area (Å²) in [7, 11) is 0. The van der Waals surface area contributed by atoms with Gasteiger partial charge < -0.3 is 5.11 Å². The number of carbonyl (C=O) groups is 1. The quantitative estimate of drug-likeness (QED) is 0.802. The molecule has 0 radical (unpaired) electrons. The fourth-order valence-electron chi connectivity index (χ4n) is 2.23. The second-order valence-corrected chi connectivity index (χ2v) is 4.46. The molecule has 0 aromatic heterocycles. The molecule has 0 atom stereocenters. The van der Waals surface area contributed by atoms with E-state index in [1.54, 1.807) is 0 Å². The van der Waals surface area contributed by atoms with Crippen LogP contribution in [0.5, 0.6) is 0 Å². The molecule has 1 N–H and O–H groups in total. The van der Waals surface area contributed by atoms with Crippen molar-refractivity contribution < 1.29 is 9.90 Å². The van der Waals surface area contributed by atoms with Crippen LogP contribution in [0, 0.1) is 13.8 Å². The van der Waals surface area contributed by atoms with E-state index in [0.717, 1.165) is 11.1 Å². The molecule has 0 aliphatic heterocycles. The van der Waals surface area contributed by atoms with Crippen LogP contribution in [0.15, 0.2) is 12.1 Å². The predicted molar refractivity (Wildman–Crippen MR) is 59.5 cm³/mol. The number of benzene rings is 1. The molecule has 0 unspecified atom stereocenters. The Labute approximate surface area is 89.9 Å². The van der Waals surface area contributed by atoms with E-state index in [-0.39, 0.29) is 0 Å². The van der Waals surface area contributed by atoms with Crippen molar-refractivity contribution in [2.45, 2.75) is 39.0 Å². The third kappa shape index (κ3) is 1.76. The van der Waals surface area contributed by atoms with Gasteiger partial charge in [0.25, 0.3) is 0 Å². The summed E-state index contributed by atoms with van der Waals surface area (Å²) in [6, 6.07) is 3.87. The maximum atomic E-state index is 10.9. The van der Waals surface area contributed by atoms with Gasteiger partial charge in [0.1, 0.15) is 0 Å². The van der Waals surface area contributed by atoms with Crippen LogP contribution in [0.1, 0.15) is 52.2 Å². The number of rotatable bonds is 2. The fourth-order valence-corrected chi connectivity index (χ4v) is 2.23. The van der Waals surface area contributed by atoms with E-state index in [9.17, 15) is 4.79 Å². The Morgan fingerprint density at radius 3 is 2.40 bits per heavy atom. The summed E-state index contributed by atoms with van der Waals surface area (Å²) in [6.07, 6.45) is 3.82. The van der Waals surface area contributed by atoms with Gasteiger partial charge in [-0.25, -0.2) is 4.79 Å². The molecule has 15 heavy (non-hydrogen) atoms. The minimum absolute atomic E-state index is 0.440. The predicted octanol–water partition coefficient (Wildman–Crippen LogP) is 3.27. The molecule has 1 aromatic carbocycles. The molecule has 1 aliphatic carbocycles. The molecule has 1 aliphatic rings. The number of hydrogen-bond acceptors (Lipinski definition) is 1. The first-order chi connectivity index (χ1) is 7.09. The van der Waals surface area contributed by atoms with Crippen LogP contribution in [0.4, 0.5) is 0 Å². The van der Waals surface area contributed by atoms with E-state index >= 15 is 0 Å². The molecule has 0 heterocycles. The average molecular weight is 204 g/mol. The lowest BCUT2D eigenvalue weighted by Gasteiger charge is -2.28. The van der Waals surface area contributed by atoms with Gasteiger partial charge in [0, 0.05) is 0 Å². The SMILES string of the molecule is Cc1cc(C2CCC2)c(C)cc1C(=O)O. The van der Waals surface area contributed by atoms with Gasteiger partial charge in [-0.1, -0.05) is 12.5 Å². The van der Waals surface area contributed by atoms with Gasteiger partial charge in [-0.05, 0) is 55.4 Å². The summed E-state index contributed by atoms with van der Waals surface area (Å²) in [4.78, 5) is 10.9. The highest BCUT2D eigenvalue weighted by Crippen LogP contribution is 2.38. The molecule has 1 aromatic rings. The minimum Gasteiger partial charge on any atom is -0.478 e. The van der Waals surface area contributed by atoms with Gasteiger partial charge in [0.05, 0.1) is 5.56 Å². The van der Waals surface area contributed by atoms with Crippen LogP contribution in [-0.2, 0) is 0 Å². The van der Waals surface area contributed by atoms with Crippen molar-refractivity contribution in [2.24, 2.45) is 0 Å². The van der Waals surface area contributed by atoms with E-state index in [2.05, 4.69) is 6.07 Å². The lowest BCUT2D eigenvalue weighted by molar-refractivity contribution is 0.0696. The zero-order valence-electron chi connectivity index (χ0n) is 9.21. The summed E-state index contributed by atoms with van der Waals surface area (Å²) < 4.78 is 0. The Balaban J connectivity index is 2.42. The van der Waals surface area contributed by atoms with Gasteiger partial charge in [-0.15, -0.1) is 0 Å². The van der Waals surface area contributed by atoms with Crippen LogP contribution >= 0.6 is 0 Å². The molecule has 0 spiro atoms. The number of aryl methyl sites for hydroxylation is 2. The minimum atomic E-state index is -0.823. The van der Waals surface area contributed by atoms with Gasteiger partial charge in [-0.2, -0.15) is 0 Å². The summed E-state index contributed by atoms with van der Waals surface area (Å²) in [5.41, 5.74) is 3.80. The largest absolute Gasteiger partial charge is 0.478 e. The number of aromatic carboxylic acids is 1. The molecule has 2 nitrogen and oxygen atoms in total. The van der Waals surface area contributed by atoms with E-state index in [0.29, 0.717) is 11.5 Å². The standard InChI is InChI=1S/C13H16O2/c1-8-7-12(13(14)15)9(2)6-11(8)10-4-3-5-10/h6-7,10H,3-5H2,1-2H3,(H,14,15). The highest BCUT2D eigenvalue weighted by Gasteiger charge is 2.22. The van der Waals surface area contributed by atoms with Crippen LogP contribution in [0.3, 0.4) is 0 Å². The topological polar surface area (TPSA) is 37.3 Å². The maximum absolute atomic E-state index is 10.9. The van der Waals surface area contributed by atoms with Gasteiger partial charge in [0.2, 0.25) is 0 Å². The molecule has 0 amide bonds. The first kappa shape index (κ1) is 10.2. The average Bonchev–Trinajstić information content (AvgIpc) is 2.07. The van der Waals surface area contributed by atoms with Crippen molar-refractivity contribution in [3.05, 3.63) is 34.4 Å². The van der Waals surface area contributed by atoms with E-state index in [1.807, 2.05) is 19.9 Å². The zero-order valence-corrected chi connectivity index (χ0v) is 9.21. The van der Waals surface area contributed by atoms with Gasteiger partial charge in [0.15, 0.2) is 0 Å². The van der Waals surface area contributed by atoms with Crippen molar-refractivity contribution in [1.82, 2.24) is 0 Å². The summed E-state index contributed by atoms with van der Waals surface area (Å²) >= 11 is 0. The highest BCUT2D eigenvalue weighted by molar-refractivity contribution is 5.89. The monoisotopic (exact) mass is 204 g/mol. The second kappa shape index (κ2) is 3.69. The van der Waals surface area contributed by atoms with Crippen molar-refractivity contribution in [2.75, 3.05) is 0 Å². The number of hydrogen-bond donors (Lipinski definition) is 1. The molecule has 0 bridgehead atoms. The van der Waals surface area contributed by atoms with Crippen LogP contribution < -0.4 is 0 Å². The molecule has 1 fully saturated rings. The molecular weight excluding hydrogens is 188 g/mol. The first-order valence-electron chi connectivity index (χ1n) is 5.44. The van der Waals surface area contributed by atoms with Crippen LogP contribution in [-0.4, -0.2) is 11.1 Å². The third-order valence-corrected chi connectivity index (χ3v) is 3.39. The summed E-state index contributed by atoms with van der Waals surface area (Å²) in [5, 5.41) is 8.99. The lowest BCUT2D eigenvalue weighted by Crippen LogP contribution is -2.12. The third-order valence-electron chi connectivity index (χ3n) is 3.39. The molecule has 2 heteroatoms. The Kier molecular flexibility index (Phi) is 2.51. The van der Waals surface area contributed by atoms with Crippen LogP contribution in [0.2, 0.25) is 0 Å². The molecule has 1 saturated carbocycles. The Hall–Kier alpha value is -1.31. The lowest BCUT2D eigenvalue weighted by atomic mass is 9.77. The number of carboxylic acids is 1. The molecule has 80 valence electrons. The number of carboxylic acid groups (broad SMARTS) is 1. The van der Waals surface area contributed by atoms with Crippen molar-refractivity contribution in [1.29, 1.82) is 0 Å². The zero-order chi connectivity index (χ0) is 11.0. The summed E-state index contributed by atoms with van der Waals surface area (Å²) in [5.74, 6) is -0.151. The van der Waals surface area contributed by atoms with Gasteiger partial charge >= 0.3 is 5.97 Å². The molecule has 2 rings (SSSR count). The van der Waals surface area contributed by atoms with Crippen molar-refractivity contribution in [3.63, 3.8) is 0 Å². The maximum Gasteiger partial charge on any atom is 0.335 e. The molecule has 0 saturated heterocycles. The Morgan fingerprint density at radius 2 is 1.93 bits per heavy atom. The smallest absolute Gasteiger partial charge is 0.335 e. The highest BCUT2D eigenvalue weighted by atomic mass is 16.4. The van der Waals surface area contributed by atoms with Gasteiger partial charge in [-0.3, -0.25) is 0 Å². The summed E-state index contributed by atoms with van der Waals surface area (Å²) in [6.45, 7) is 3.89. The van der Waals surface area contributed by atoms with E-state index < -0.39 is 5.97 Å². The fraction of sp³-hybridized carbons (Fsp3) is 0.462. The molecular formula is C13H16O2. The van der Waals surface area contributed by atoms with Crippen molar-refractivity contribution in [3.8, 4) is 0 Å². The van der Waals surface area contributed by atoms with E-state index in [4.69, 9.17) is 5.11 Å². The normalized spacial score (nSPS) is 16.1. The Bertz CT molecular complexity index is 403.